The molecule has 1 spiro atoms. The molecule has 2 N–H and O–H groups in total. The van der Waals surface area contributed by atoms with Gasteiger partial charge in [0.1, 0.15) is 6.04 Å². The number of aliphatic hydroxyl groups excluding tert-OH is 1. The second-order valence-corrected chi connectivity index (χ2v) is 12.8. The van der Waals surface area contributed by atoms with Crippen molar-refractivity contribution < 1.29 is 24.6 Å². The third-order valence-electron chi connectivity index (χ3n) is 8.06. The Labute approximate surface area is 215 Å². The van der Waals surface area contributed by atoms with Crippen LogP contribution in [0.15, 0.2) is 30.9 Å². The van der Waals surface area contributed by atoms with Crippen molar-refractivity contribution in [2.24, 2.45) is 17.8 Å². The fraction of sp³-hybridized carbons (Fsp3) is 0.577. The smallest absolute Gasteiger partial charge is 0.308 e. The van der Waals surface area contributed by atoms with Gasteiger partial charge in [0, 0.05) is 11.3 Å². The molecule has 35 heavy (non-hydrogen) atoms. The maximum Gasteiger partial charge on any atom is 0.308 e. The Morgan fingerprint density at radius 2 is 2.06 bits per heavy atom. The first-order valence-corrected chi connectivity index (χ1v) is 13.2. The molecule has 4 rings (SSSR count). The van der Waals surface area contributed by atoms with Crippen molar-refractivity contribution in [1.82, 2.24) is 4.90 Å². The molecule has 6 atom stereocenters. The monoisotopic (exact) mass is 520 g/mol. The molecule has 3 aliphatic rings. The van der Waals surface area contributed by atoms with E-state index in [-0.39, 0.29) is 30.9 Å². The molecule has 1 aromatic carbocycles. The van der Waals surface area contributed by atoms with E-state index in [1.54, 1.807) is 17.0 Å². The first kappa shape index (κ1) is 26.0. The van der Waals surface area contributed by atoms with Crippen LogP contribution in [0.25, 0.3) is 0 Å². The Morgan fingerprint density at radius 3 is 2.60 bits per heavy atom. The zero-order valence-corrected chi connectivity index (χ0v) is 22.1. The summed E-state index contributed by atoms with van der Waals surface area (Å²) in [5.74, 6) is -3.54. The van der Waals surface area contributed by atoms with Crippen molar-refractivity contribution in [3.8, 4) is 0 Å². The van der Waals surface area contributed by atoms with E-state index >= 15 is 0 Å². The maximum atomic E-state index is 14.5. The van der Waals surface area contributed by atoms with Crippen molar-refractivity contribution in [2.45, 2.75) is 62.1 Å². The Bertz CT molecular complexity index is 1060. The van der Waals surface area contributed by atoms with Crippen LogP contribution in [0.5, 0.6) is 0 Å². The van der Waals surface area contributed by atoms with E-state index in [9.17, 15) is 24.6 Å². The van der Waals surface area contributed by atoms with Crippen LogP contribution >= 0.6 is 23.4 Å². The average molecular weight is 521 g/mol. The highest BCUT2D eigenvalue weighted by Gasteiger charge is 2.78. The number of hydrogen-bond donors (Lipinski definition) is 2. The lowest BCUT2D eigenvalue weighted by Crippen LogP contribution is -2.58. The summed E-state index contributed by atoms with van der Waals surface area (Å²) in [5, 5.41) is 20.9. The topological polar surface area (TPSA) is 98.2 Å². The lowest BCUT2D eigenvalue weighted by molar-refractivity contribution is -0.151. The van der Waals surface area contributed by atoms with Crippen LogP contribution in [0.4, 0.5) is 5.69 Å². The number of aryl methyl sites for hydroxylation is 1. The van der Waals surface area contributed by atoms with Gasteiger partial charge in [0.05, 0.1) is 39.9 Å². The van der Waals surface area contributed by atoms with Gasteiger partial charge in [-0.15, -0.1) is 18.3 Å². The van der Waals surface area contributed by atoms with Crippen molar-refractivity contribution in [3.63, 3.8) is 0 Å². The van der Waals surface area contributed by atoms with Gasteiger partial charge in [-0.2, -0.15) is 0 Å². The molecule has 0 aliphatic carbocycles. The maximum absolute atomic E-state index is 14.5. The number of benzene rings is 1. The van der Waals surface area contributed by atoms with Crippen LogP contribution in [0.3, 0.4) is 0 Å². The summed E-state index contributed by atoms with van der Waals surface area (Å²) in [5.41, 5.74) is 1.36. The third kappa shape index (κ3) is 3.71. The summed E-state index contributed by atoms with van der Waals surface area (Å²) in [4.78, 5) is 44.0. The van der Waals surface area contributed by atoms with E-state index in [1.807, 2.05) is 39.8 Å². The van der Waals surface area contributed by atoms with Crippen LogP contribution in [0.2, 0.25) is 5.02 Å². The minimum Gasteiger partial charge on any atom is -0.481 e. The summed E-state index contributed by atoms with van der Waals surface area (Å²) in [6.45, 7) is 11.2. The number of fused-ring (bicyclic) bond motifs is 1. The number of halogens is 1. The van der Waals surface area contributed by atoms with Gasteiger partial charge in [-0.3, -0.25) is 14.4 Å². The number of carbonyl (C=O) groups excluding carboxylic acids is 2. The lowest BCUT2D eigenvalue weighted by atomic mass is 9.66. The van der Waals surface area contributed by atoms with Crippen molar-refractivity contribution in [1.29, 1.82) is 0 Å². The van der Waals surface area contributed by atoms with Gasteiger partial charge in [0.15, 0.2) is 0 Å². The number of aliphatic hydroxyl groups is 1. The molecule has 7 nitrogen and oxygen atoms in total. The molecule has 0 radical (unpaired) electrons. The number of thioether (sulfide) groups is 1. The first-order chi connectivity index (χ1) is 16.4. The molecular formula is C26H33ClN2O5S. The minimum atomic E-state index is -1.01. The van der Waals surface area contributed by atoms with Gasteiger partial charge in [-0.1, -0.05) is 43.7 Å². The number of hydrogen-bond acceptors (Lipinski definition) is 5. The molecule has 0 saturated carbocycles. The normalized spacial score (nSPS) is 32.1. The number of carbonyl (C=O) groups is 3. The second kappa shape index (κ2) is 9.12. The van der Waals surface area contributed by atoms with Gasteiger partial charge in [0.2, 0.25) is 5.91 Å². The number of para-hydroxylation sites is 1. The molecule has 1 aromatic rings. The van der Waals surface area contributed by atoms with Gasteiger partial charge in [0.25, 0.3) is 5.91 Å². The Morgan fingerprint density at radius 1 is 1.37 bits per heavy atom. The van der Waals surface area contributed by atoms with Crippen molar-refractivity contribution in [3.05, 3.63) is 41.4 Å². The standard InChI is InChI=1S/C26H33ClN2O5S/c1-6-12-28(20-15(4)8-7-9-16(20)27)23(32)21-26-11-10-25(5,35-26)19(24(33)34)18(26)22(31)29(21)17(13-30)14(2)3/h6-9,14,17-19,21,30H,1,10-13H2,2-5H3,(H,33,34)/t17-,18-,19+,21?,25-,26?/m0/s1. The lowest BCUT2D eigenvalue weighted by Gasteiger charge is -2.41. The van der Waals surface area contributed by atoms with Crippen LogP contribution in [0, 0.1) is 24.7 Å². The molecule has 3 saturated heterocycles. The highest BCUT2D eigenvalue weighted by atomic mass is 35.5. The zero-order valence-electron chi connectivity index (χ0n) is 20.5. The number of nitrogens with zero attached hydrogens (tertiary/aromatic N) is 2. The third-order valence-corrected chi connectivity index (χ3v) is 10.4. The molecule has 2 amide bonds. The fourth-order valence-corrected chi connectivity index (χ4v) is 9.18. The highest BCUT2D eigenvalue weighted by molar-refractivity contribution is 8.02. The zero-order chi connectivity index (χ0) is 25.9. The summed E-state index contributed by atoms with van der Waals surface area (Å²) in [6.07, 6.45) is 2.78. The van der Waals surface area contributed by atoms with E-state index in [4.69, 9.17) is 11.6 Å². The predicted octanol–water partition coefficient (Wildman–Crippen LogP) is 3.75. The Kier molecular flexibility index (Phi) is 6.79. The molecule has 2 unspecified atom stereocenters. The van der Waals surface area contributed by atoms with Crippen LogP contribution in [0.1, 0.15) is 39.2 Å². The number of carboxylic acid groups (broad SMARTS) is 1. The van der Waals surface area contributed by atoms with Gasteiger partial charge in [-0.25, -0.2) is 0 Å². The molecule has 3 aliphatic heterocycles. The van der Waals surface area contributed by atoms with E-state index in [0.717, 1.165) is 5.56 Å². The average Bonchev–Trinajstić information content (AvgIpc) is 3.34. The van der Waals surface area contributed by atoms with Crippen LogP contribution in [-0.2, 0) is 14.4 Å². The van der Waals surface area contributed by atoms with E-state index in [1.165, 1.54) is 16.7 Å². The molecule has 2 bridgehead atoms. The Hall–Kier alpha value is -2.03. The number of aliphatic carboxylic acids is 1. The molecule has 190 valence electrons. The number of rotatable bonds is 8. The first-order valence-electron chi connectivity index (χ1n) is 12.0. The summed E-state index contributed by atoms with van der Waals surface area (Å²) in [7, 11) is 0. The summed E-state index contributed by atoms with van der Waals surface area (Å²) < 4.78 is -1.52. The SMILES string of the molecule is C=CCN(C(=O)C1N([C@@H](CO)C(C)C)C(=O)[C@@H]2[C@H](C(=O)O)[C@]3(C)CCC12S3)c1c(C)cccc1Cl. The van der Waals surface area contributed by atoms with E-state index in [2.05, 4.69) is 6.58 Å². The summed E-state index contributed by atoms with van der Waals surface area (Å²) >= 11 is 8.04. The molecule has 0 aromatic heterocycles. The molecule has 3 heterocycles. The number of carboxylic acids is 1. The quantitative estimate of drug-likeness (QED) is 0.507. The van der Waals surface area contributed by atoms with Crippen LogP contribution in [-0.4, -0.2) is 67.6 Å². The number of anilines is 1. The van der Waals surface area contributed by atoms with Gasteiger partial charge < -0.3 is 20.0 Å². The van der Waals surface area contributed by atoms with E-state index in [0.29, 0.717) is 23.6 Å². The predicted molar refractivity (Wildman–Crippen MR) is 138 cm³/mol. The van der Waals surface area contributed by atoms with Gasteiger partial charge >= 0.3 is 5.97 Å². The minimum absolute atomic E-state index is 0.134. The van der Waals surface area contributed by atoms with Gasteiger partial charge in [-0.05, 0) is 44.2 Å². The fourth-order valence-electron chi connectivity index (χ4n) is 6.53. The van der Waals surface area contributed by atoms with E-state index < -0.39 is 39.4 Å². The number of likely N-dealkylation sites (tertiary alicyclic amines) is 1. The van der Waals surface area contributed by atoms with Crippen molar-refractivity contribution in [2.75, 3.05) is 18.1 Å². The summed E-state index contributed by atoms with van der Waals surface area (Å²) in [6, 6.07) is 3.85. The highest BCUT2D eigenvalue weighted by Crippen LogP contribution is 2.71. The molecule has 9 heteroatoms. The largest absolute Gasteiger partial charge is 0.481 e. The van der Waals surface area contributed by atoms with Crippen molar-refractivity contribution >= 4 is 46.8 Å². The molecule has 3 fully saturated rings. The Balaban J connectivity index is 1.91. The number of amides is 2. The second-order valence-electron chi connectivity index (χ2n) is 10.4. The van der Waals surface area contributed by atoms with Crippen LogP contribution < -0.4 is 4.90 Å². The molecular weight excluding hydrogens is 488 g/mol.